The molecule has 1 aliphatic heterocycles. The van der Waals surface area contributed by atoms with Crippen molar-refractivity contribution in [2.75, 3.05) is 13.2 Å². The fraction of sp³-hybridized carbons (Fsp3) is 0.667. The monoisotopic (exact) mass is 290 g/mol. The van der Waals surface area contributed by atoms with Crippen molar-refractivity contribution in [3.05, 3.63) is 29.3 Å². The molecule has 3 heteroatoms. The molecule has 21 heavy (non-hydrogen) atoms. The van der Waals surface area contributed by atoms with E-state index in [4.69, 9.17) is 9.47 Å². The summed E-state index contributed by atoms with van der Waals surface area (Å²) in [4.78, 5) is 0. The van der Waals surface area contributed by atoms with Gasteiger partial charge in [0.05, 0.1) is 12.2 Å². The molecule has 1 aromatic rings. The van der Waals surface area contributed by atoms with Crippen LogP contribution in [0.25, 0.3) is 0 Å². The van der Waals surface area contributed by atoms with Gasteiger partial charge in [-0.3, -0.25) is 0 Å². The molecular formula is C18H26O3. The van der Waals surface area contributed by atoms with Gasteiger partial charge in [0, 0.05) is 18.6 Å². The summed E-state index contributed by atoms with van der Waals surface area (Å²) < 4.78 is 11.9. The number of para-hydroxylation sites is 1. The Hall–Kier alpha value is -1.06. The average molecular weight is 290 g/mol. The van der Waals surface area contributed by atoms with Crippen LogP contribution < -0.4 is 4.74 Å². The summed E-state index contributed by atoms with van der Waals surface area (Å²) in [6.07, 6.45) is 4.42. The van der Waals surface area contributed by atoms with E-state index in [2.05, 4.69) is 13.0 Å². The number of benzene rings is 1. The van der Waals surface area contributed by atoms with Crippen molar-refractivity contribution in [1.29, 1.82) is 0 Å². The van der Waals surface area contributed by atoms with E-state index in [9.17, 15) is 5.11 Å². The first-order valence-corrected chi connectivity index (χ1v) is 8.23. The van der Waals surface area contributed by atoms with Crippen LogP contribution in [0.5, 0.6) is 5.75 Å². The smallest absolute Gasteiger partial charge is 0.128 e. The SMILES string of the molecule is CCOC1(C(O)c2cccc3c2OCC3)CCC(C)CC1. The van der Waals surface area contributed by atoms with Gasteiger partial charge in [-0.2, -0.15) is 0 Å². The van der Waals surface area contributed by atoms with E-state index in [0.717, 1.165) is 55.9 Å². The predicted octanol–water partition coefficient (Wildman–Crippen LogP) is 3.64. The maximum Gasteiger partial charge on any atom is 0.128 e. The second-order valence-electron chi connectivity index (χ2n) is 6.52. The summed E-state index contributed by atoms with van der Waals surface area (Å²) in [5.41, 5.74) is 1.68. The zero-order valence-electron chi connectivity index (χ0n) is 13.1. The molecule has 0 aromatic heterocycles. The number of rotatable bonds is 4. The topological polar surface area (TPSA) is 38.7 Å². The van der Waals surface area contributed by atoms with Crippen molar-refractivity contribution in [3.8, 4) is 5.75 Å². The van der Waals surface area contributed by atoms with E-state index in [1.54, 1.807) is 0 Å². The van der Waals surface area contributed by atoms with Gasteiger partial charge in [-0.1, -0.05) is 25.1 Å². The first kappa shape index (κ1) is 14.9. The third kappa shape index (κ3) is 2.69. The fourth-order valence-electron chi connectivity index (χ4n) is 3.77. The first-order valence-electron chi connectivity index (χ1n) is 8.23. The second-order valence-corrected chi connectivity index (χ2v) is 6.52. The van der Waals surface area contributed by atoms with E-state index in [-0.39, 0.29) is 0 Å². The van der Waals surface area contributed by atoms with Crippen LogP contribution in [0, 0.1) is 5.92 Å². The van der Waals surface area contributed by atoms with E-state index in [1.165, 1.54) is 5.56 Å². The standard InChI is InChI=1S/C18H26O3/c1-3-21-18(10-7-13(2)8-11-18)17(19)15-6-4-5-14-9-12-20-16(14)15/h4-6,13,17,19H,3,7-12H2,1-2H3. The molecule has 1 aromatic carbocycles. The lowest BCUT2D eigenvalue weighted by Crippen LogP contribution is -2.43. The van der Waals surface area contributed by atoms with Crippen LogP contribution in [0.2, 0.25) is 0 Å². The highest BCUT2D eigenvalue weighted by Gasteiger charge is 2.43. The summed E-state index contributed by atoms with van der Waals surface area (Å²) in [5, 5.41) is 11.1. The summed E-state index contributed by atoms with van der Waals surface area (Å²) in [5.74, 6) is 1.62. The number of aliphatic hydroxyl groups excluding tert-OH is 1. The van der Waals surface area contributed by atoms with Crippen LogP contribution in [0.3, 0.4) is 0 Å². The highest BCUT2D eigenvalue weighted by atomic mass is 16.5. The lowest BCUT2D eigenvalue weighted by atomic mass is 9.74. The van der Waals surface area contributed by atoms with E-state index >= 15 is 0 Å². The molecule has 1 N–H and O–H groups in total. The van der Waals surface area contributed by atoms with Gasteiger partial charge in [-0.25, -0.2) is 0 Å². The lowest BCUT2D eigenvalue weighted by molar-refractivity contribution is -0.147. The van der Waals surface area contributed by atoms with Gasteiger partial charge < -0.3 is 14.6 Å². The molecule has 1 atom stereocenters. The van der Waals surface area contributed by atoms with Gasteiger partial charge in [-0.05, 0) is 44.1 Å². The molecule has 1 unspecified atom stereocenters. The summed E-state index contributed by atoms with van der Waals surface area (Å²) in [6, 6.07) is 6.11. The number of aliphatic hydroxyl groups is 1. The number of ether oxygens (including phenoxy) is 2. The average Bonchev–Trinajstić information content (AvgIpc) is 2.98. The Balaban J connectivity index is 1.91. The van der Waals surface area contributed by atoms with Gasteiger partial charge in [0.1, 0.15) is 11.9 Å². The highest BCUT2D eigenvalue weighted by molar-refractivity contribution is 5.46. The predicted molar refractivity (Wildman–Crippen MR) is 82.6 cm³/mol. The van der Waals surface area contributed by atoms with Gasteiger partial charge in [-0.15, -0.1) is 0 Å². The molecule has 0 spiro atoms. The molecule has 1 saturated carbocycles. The van der Waals surface area contributed by atoms with Crippen molar-refractivity contribution in [3.63, 3.8) is 0 Å². The zero-order valence-corrected chi connectivity index (χ0v) is 13.1. The Morgan fingerprint density at radius 3 is 2.86 bits per heavy atom. The molecule has 0 bridgehead atoms. The van der Waals surface area contributed by atoms with E-state index in [1.807, 2.05) is 19.1 Å². The van der Waals surface area contributed by atoms with Crippen LogP contribution in [-0.2, 0) is 11.2 Å². The molecule has 116 valence electrons. The van der Waals surface area contributed by atoms with Crippen molar-refractivity contribution in [2.24, 2.45) is 5.92 Å². The Morgan fingerprint density at radius 1 is 1.38 bits per heavy atom. The van der Waals surface area contributed by atoms with Crippen LogP contribution in [0.1, 0.15) is 56.8 Å². The molecule has 1 aliphatic carbocycles. The quantitative estimate of drug-likeness (QED) is 0.920. The van der Waals surface area contributed by atoms with Crippen molar-refractivity contribution < 1.29 is 14.6 Å². The van der Waals surface area contributed by atoms with Crippen LogP contribution >= 0.6 is 0 Å². The third-order valence-corrected chi connectivity index (χ3v) is 5.09. The Kier molecular flexibility index (Phi) is 4.23. The van der Waals surface area contributed by atoms with Gasteiger partial charge in [0.2, 0.25) is 0 Å². The summed E-state index contributed by atoms with van der Waals surface area (Å²) >= 11 is 0. The minimum atomic E-state index is -0.599. The molecule has 1 heterocycles. The third-order valence-electron chi connectivity index (χ3n) is 5.09. The van der Waals surface area contributed by atoms with Gasteiger partial charge in [0.15, 0.2) is 0 Å². The lowest BCUT2D eigenvalue weighted by Gasteiger charge is -2.42. The van der Waals surface area contributed by atoms with Crippen LogP contribution in [-0.4, -0.2) is 23.9 Å². The fourth-order valence-corrected chi connectivity index (χ4v) is 3.77. The van der Waals surface area contributed by atoms with Crippen molar-refractivity contribution >= 4 is 0 Å². The molecule has 0 amide bonds. The molecule has 3 rings (SSSR count). The molecular weight excluding hydrogens is 264 g/mol. The highest BCUT2D eigenvalue weighted by Crippen LogP contribution is 2.46. The largest absolute Gasteiger partial charge is 0.493 e. The Morgan fingerprint density at radius 2 is 2.14 bits per heavy atom. The van der Waals surface area contributed by atoms with Gasteiger partial charge >= 0.3 is 0 Å². The Bertz CT molecular complexity index is 489. The molecule has 0 radical (unpaired) electrons. The molecule has 3 nitrogen and oxygen atoms in total. The molecule has 2 aliphatic rings. The van der Waals surface area contributed by atoms with Gasteiger partial charge in [0.25, 0.3) is 0 Å². The first-order chi connectivity index (χ1) is 10.2. The summed E-state index contributed by atoms with van der Waals surface area (Å²) in [7, 11) is 0. The minimum absolute atomic E-state index is 0.442. The van der Waals surface area contributed by atoms with Crippen molar-refractivity contribution in [1.82, 2.24) is 0 Å². The molecule has 0 saturated heterocycles. The van der Waals surface area contributed by atoms with Crippen LogP contribution in [0.15, 0.2) is 18.2 Å². The van der Waals surface area contributed by atoms with Crippen LogP contribution in [0.4, 0.5) is 0 Å². The minimum Gasteiger partial charge on any atom is -0.493 e. The molecule has 1 fully saturated rings. The normalized spacial score (nSPS) is 29.8. The second kappa shape index (κ2) is 5.98. The van der Waals surface area contributed by atoms with E-state index in [0.29, 0.717) is 6.61 Å². The van der Waals surface area contributed by atoms with Crippen molar-refractivity contribution in [2.45, 2.75) is 57.7 Å². The maximum atomic E-state index is 11.1. The number of hydrogen-bond donors (Lipinski definition) is 1. The number of hydrogen-bond acceptors (Lipinski definition) is 3. The number of fused-ring (bicyclic) bond motifs is 1. The van der Waals surface area contributed by atoms with E-state index < -0.39 is 11.7 Å². The zero-order chi connectivity index (χ0) is 14.9. The maximum absolute atomic E-state index is 11.1. The summed E-state index contributed by atoms with van der Waals surface area (Å²) in [6.45, 7) is 5.66. The Labute approximate surface area is 127 Å².